The molecule has 4 N–H and O–H groups in total. The van der Waals surface area contributed by atoms with Crippen molar-refractivity contribution in [1.29, 1.82) is 0 Å². The number of carbonyl (C=O) groups excluding carboxylic acids is 2. The van der Waals surface area contributed by atoms with Crippen molar-refractivity contribution in [2.75, 3.05) is 11.5 Å². The minimum absolute atomic E-state index is 0.146. The summed E-state index contributed by atoms with van der Waals surface area (Å²) in [6.45, 7) is 0. The van der Waals surface area contributed by atoms with Crippen LogP contribution in [0.2, 0.25) is 0 Å². The molecular formula is C11H16N2O4S. The van der Waals surface area contributed by atoms with Gasteiger partial charge in [0.05, 0.1) is 11.7 Å². The fraction of sp³-hybridized carbons (Fsp3) is 0.545. The van der Waals surface area contributed by atoms with Crippen molar-refractivity contribution in [2.24, 2.45) is 11.7 Å². The topological polar surface area (TPSA) is 109 Å². The van der Waals surface area contributed by atoms with Gasteiger partial charge in [-0.3, -0.25) is 14.4 Å². The fourth-order valence-electron chi connectivity index (χ4n) is 1.61. The lowest BCUT2D eigenvalue weighted by molar-refractivity contribution is -0.140. The van der Waals surface area contributed by atoms with Gasteiger partial charge in [-0.1, -0.05) is 12.2 Å². The van der Waals surface area contributed by atoms with E-state index >= 15 is 0 Å². The zero-order valence-corrected chi connectivity index (χ0v) is 10.6. The maximum absolute atomic E-state index is 11.5. The van der Waals surface area contributed by atoms with Gasteiger partial charge in [0, 0.05) is 18.2 Å². The molecule has 0 radical (unpaired) electrons. The Hall–Kier alpha value is -1.50. The van der Waals surface area contributed by atoms with Crippen molar-refractivity contribution in [3.8, 4) is 0 Å². The molecule has 1 aliphatic carbocycles. The van der Waals surface area contributed by atoms with E-state index < -0.39 is 17.8 Å². The Kier molecular flexibility index (Phi) is 5.70. The van der Waals surface area contributed by atoms with Gasteiger partial charge in [0.2, 0.25) is 11.8 Å². The van der Waals surface area contributed by atoms with Gasteiger partial charge in [0.15, 0.2) is 0 Å². The first-order chi connectivity index (χ1) is 8.49. The van der Waals surface area contributed by atoms with Crippen LogP contribution in [-0.4, -0.2) is 40.4 Å². The molecule has 6 nitrogen and oxygen atoms in total. The zero-order valence-electron chi connectivity index (χ0n) is 9.80. The van der Waals surface area contributed by atoms with E-state index in [-0.39, 0.29) is 17.7 Å². The minimum Gasteiger partial charge on any atom is -0.481 e. The number of nitrogens with two attached hydrogens (primary N) is 1. The lowest BCUT2D eigenvalue weighted by Crippen LogP contribution is -2.33. The van der Waals surface area contributed by atoms with Crippen molar-refractivity contribution in [3.63, 3.8) is 0 Å². The van der Waals surface area contributed by atoms with Gasteiger partial charge in [-0.05, 0) is 6.42 Å². The normalized spacial score (nSPS) is 21.8. The van der Waals surface area contributed by atoms with Crippen LogP contribution in [0.5, 0.6) is 0 Å². The van der Waals surface area contributed by atoms with Gasteiger partial charge in [-0.2, -0.15) is 11.8 Å². The Morgan fingerprint density at radius 2 is 2.11 bits per heavy atom. The fourth-order valence-corrected chi connectivity index (χ4v) is 2.28. The number of hydrogen-bond donors (Lipinski definition) is 3. The minimum atomic E-state index is -0.875. The summed E-state index contributed by atoms with van der Waals surface area (Å²) in [5.41, 5.74) is 4.96. The van der Waals surface area contributed by atoms with Gasteiger partial charge in [-0.15, -0.1) is 0 Å². The van der Waals surface area contributed by atoms with Crippen LogP contribution in [0.1, 0.15) is 12.8 Å². The summed E-state index contributed by atoms with van der Waals surface area (Å²) in [5.74, 6) is -1.21. The number of thioether (sulfide) groups is 1. The largest absolute Gasteiger partial charge is 0.481 e. The number of carbonyl (C=O) groups is 3. The van der Waals surface area contributed by atoms with E-state index in [0.717, 1.165) is 0 Å². The maximum atomic E-state index is 11.5. The van der Waals surface area contributed by atoms with Gasteiger partial charge in [0.1, 0.15) is 0 Å². The van der Waals surface area contributed by atoms with E-state index in [2.05, 4.69) is 5.32 Å². The number of nitrogens with one attached hydrogen (secondary N) is 1. The number of amides is 2. The first kappa shape index (κ1) is 14.6. The summed E-state index contributed by atoms with van der Waals surface area (Å²) in [5, 5.41) is 11.5. The predicted molar refractivity (Wildman–Crippen MR) is 67.9 cm³/mol. The van der Waals surface area contributed by atoms with Crippen molar-refractivity contribution < 1.29 is 19.5 Å². The van der Waals surface area contributed by atoms with Crippen molar-refractivity contribution in [3.05, 3.63) is 12.2 Å². The van der Waals surface area contributed by atoms with Crippen molar-refractivity contribution >= 4 is 29.5 Å². The molecule has 0 aromatic carbocycles. The molecule has 0 heterocycles. The van der Waals surface area contributed by atoms with Crippen LogP contribution in [-0.2, 0) is 14.4 Å². The molecule has 2 amide bonds. The summed E-state index contributed by atoms with van der Waals surface area (Å²) in [4.78, 5) is 32.7. The third-order valence-corrected chi connectivity index (χ3v) is 3.45. The average Bonchev–Trinajstić information content (AvgIpc) is 2.72. The summed E-state index contributed by atoms with van der Waals surface area (Å²) in [6.07, 6.45) is 3.98. The van der Waals surface area contributed by atoms with E-state index in [1.165, 1.54) is 11.8 Å². The first-order valence-corrected chi connectivity index (χ1v) is 6.71. The molecule has 0 saturated carbocycles. The van der Waals surface area contributed by atoms with E-state index in [9.17, 15) is 14.4 Å². The van der Waals surface area contributed by atoms with Crippen molar-refractivity contribution in [2.45, 2.75) is 18.9 Å². The molecule has 1 aliphatic rings. The smallest absolute Gasteiger partial charge is 0.310 e. The van der Waals surface area contributed by atoms with Gasteiger partial charge in [-0.25, -0.2) is 0 Å². The number of carboxylic acids is 1. The molecule has 1 rings (SSSR count). The second kappa shape index (κ2) is 7.05. The SMILES string of the molecule is NC(=O)CSCCC(=O)NC1C=CC(C(=O)O)C1. The molecule has 100 valence electrons. The van der Waals surface area contributed by atoms with E-state index in [0.29, 0.717) is 18.6 Å². The lowest BCUT2D eigenvalue weighted by Gasteiger charge is -2.11. The number of carboxylic acid groups (broad SMARTS) is 1. The Morgan fingerprint density at radius 3 is 2.67 bits per heavy atom. The predicted octanol–water partition coefficient (Wildman–Crippen LogP) is -0.259. The number of hydrogen-bond acceptors (Lipinski definition) is 4. The molecule has 0 bridgehead atoms. The van der Waals surface area contributed by atoms with Crippen LogP contribution in [0.3, 0.4) is 0 Å². The number of aliphatic carboxylic acids is 1. The monoisotopic (exact) mass is 272 g/mol. The molecular weight excluding hydrogens is 256 g/mol. The Labute approximate surface area is 109 Å². The molecule has 2 atom stereocenters. The lowest BCUT2D eigenvalue weighted by atomic mass is 10.1. The summed E-state index contributed by atoms with van der Waals surface area (Å²) >= 11 is 1.31. The molecule has 0 fully saturated rings. The Morgan fingerprint density at radius 1 is 1.39 bits per heavy atom. The number of rotatable bonds is 7. The van der Waals surface area contributed by atoms with Crippen LogP contribution in [0.25, 0.3) is 0 Å². The highest BCUT2D eigenvalue weighted by Gasteiger charge is 2.25. The van der Waals surface area contributed by atoms with Gasteiger partial charge in [0.25, 0.3) is 0 Å². The highest BCUT2D eigenvalue weighted by Crippen LogP contribution is 2.18. The Balaban J connectivity index is 2.16. The van der Waals surface area contributed by atoms with Gasteiger partial charge < -0.3 is 16.2 Å². The molecule has 7 heteroatoms. The van der Waals surface area contributed by atoms with Crippen LogP contribution >= 0.6 is 11.8 Å². The summed E-state index contributed by atoms with van der Waals surface area (Å²) in [6, 6.07) is -0.209. The third-order valence-electron chi connectivity index (χ3n) is 2.46. The molecule has 0 aromatic heterocycles. The van der Waals surface area contributed by atoms with E-state index in [4.69, 9.17) is 10.8 Å². The zero-order chi connectivity index (χ0) is 13.5. The van der Waals surface area contributed by atoms with E-state index in [1.54, 1.807) is 12.2 Å². The Bertz CT molecular complexity index is 370. The molecule has 0 aliphatic heterocycles. The molecule has 0 spiro atoms. The second-order valence-electron chi connectivity index (χ2n) is 4.01. The van der Waals surface area contributed by atoms with Crippen LogP contribution in [0.15, 0.2) is 12.2 Å². The number of primary amides is 1. The standard InChI is InChI=1S/C11H16N2O4S/c12-9(14)6-18-4-3-10(15)13-8-2-1-7(5-8)11(16)17/h1-2,7-8H,3-6H2,(H2,12,14)(H,13,15)(H,16,17). The molecule has 0 aromatic rings. The average molecular weight is 272 g/mol. The van der Waals surface area contributed by atoms with Crippen LogP contribution < -0.4 is 11.1 Å². The molecule has 18 heavy (non-hydrogen) atoms. The highest BCUT2D eigenvalue weighted by molar-refractivity contribution is 7.99. The van der Waals surface area contributed by atoms with E-state index in [1.807, 2.05) is 0 Å². The summed E-state index contributed by atoms with van der Waals surface area (Å²) in [7, 11) is 0. The van der Waals surface area contributed by atoms with Crippen LogP contribution in [0, 0.1) is 5.92 Å². The highest BCUT2D eigenvalue weighted by atomic mass is 32.2. The van der Waals surface area contributed by atoms with Crippen molar-refractivity contribution in [1.82, 2.24) is 5.32 Å². The molecule has 0 saturated heterocycles. The maximum Gasteiger partial charge on any atom is 0.310 e. The summed E-state index contributed by atoms with van der Waals surface area (Å²) < 4.78 is 0. The second-order valence-corrected chi connectivity index (χ2v) is 5.11. The molecule has 2 unspecified atom stereocenters. The van der Waals surface area contributed by atoms with Crippen LogP contribution in [0.4, 0.5) is 0 Å². The van der Waals surface area contributed by atoms with Gasteiger partial charge >= 0.3 is 5.97 Å². The quantitative estimate of drug-likeness (QED) is 0.437. The third kappa shape index (κ3) is 5.22. The first-order valence-electron chi connectivity index (χ1n) is 5.55.